The number of nitrogens with two attached hydrogens (primary N) is 1. The minimum absolute atomic E-state index is 0.0938. The van der Waals surface area contributed by atoms with Crippen molar-refractivity contribution in [1.29, 1.82) is 0 Å². The highest BCUT2D eigenvalue weighted by molar-refractivity contribution is 7.13. The van der Waals surface area contributed by atoms with E-state index in [2.05, 4.69) is 10.3 Å². The number of aromatic nitrogens is 1. The van der Waals surface area contributed by atoms with Crippen LogP contribution in [0.2, 0.25) is 0 Å². The second-order valence-corrected chi connectivity index (χ2v) is 6.25. The molecule has 3 N–H and O–H groups in total. The lowest BCUT2D eigenvalue weighted by molar-refractivity contribution is -0.118. The number of nitrogens with one attached hydrogen (secondary N) is 1. The van der Waals surface area contributed by atoms with E-state index in [0.717, 1.165) is 11.3 Å². The third-order valence-electron chi connectivity index (χ3n) is 3.50. The SMILES string of the molecule is CCOc1ccccc1NC(=O)COc1ccc(-c2csc(N)n2)cc1. The van der Waals surface area contributed by atoms with Gasteiger partial charge in [0, 0.05) is 10.9 Å². The number of benzene rings is 2. The van der Waals surface area contributed by atoms with E-state index >= 15 is 0 Å². The fourth-order valence-corrected chi connectivity index (χ4v) is 2.90. The van der Waals surface area contributed by atoms with Crippen LogP contribution in [0.15, 0.2) is 53.9 Å². The maximum Gasteiger partial charge on any atom is 0.262 e. The van der Waals surface area contributed by atoms with Crippen LogP contribution in [-0.4, -0.2) is 24.1 Å². The molecule has 3 aromatic rings. The summed E-state index contributed by atoms with van der Waals surface area (Å²) in [6, 6.07) is 14.6. The van der Waals surface area contributed by atoms with Crippen LogP contribution in [0.4, 0.5) is 10.8 Å². The molecule has 26 heavy (non-hydrogen) atoms. The van der Waals surface area contributed by atoms with Gasteiger partial charge < -0.3 is 20.5 Å². The number of anilines is 2. The molecule has 2 aromatic carbocycles. The van der Waals surface area contributed by atoms with Gasteiger partial charge in [-0.15, -0.1) is 11.3 Å². The Bertz CT molecular complexity index is 878. The maximum absolute atomic E-state index is 12.1. The highest BCUT2D eigenvalue weighted by atomic mass is 32.1. The van der Waals surface area contributed by atoms with E-state index in [1.807, 2.05) is 42.6 Å². The second kappa shape index (κ2) is 8.35. The Kier molecular flexibility index (Phi) is 5.70. The van der Waals surface area contributed by atoms with Crippen molar-refractivity contribution >= 4 is 28.1 Å². The standard InChI is InChI=1S/C19H19N3O3S/c1-2-24-17-6-4-3-5-15(17)21-18(23)11-25-14-9-7-13(8-10-14)16-12-26-19(20)22-16/h3-10,12H,2,11H2,1H3,(H2,20,22)(H,21,23). The first kappa shape index (κ1) is 17.8. The molecule has 0 bridgehead atoms. The van der Waals surface area contributed by atoms with Gasteiger partial charge in [0.25, 0.3) is 5.91 Å². The molecule has 0 fully saturated rings. The Morgan fingerprint density at radius 2 is 1.92 bits per heavy atom. The van der Waals surface area contributed by atoms with Gasteiger partial charge in [0.05, 0.1) is 18.0 Å². The summed E-state index contributed by atoms with van der Waals surface area (Å²) in [7, 11) is 0. The van der Waals surface area contributed by atoms with E-state index < -0.39 is 0 Å². The summed E-state index contributed by atoms with van der Waals surface area (Å²) < 4.78 is 11.0. The monoisotopic (exact) mass is 369 g/mol. The summed E-state index contributed by atoms with van der Waals surface area (Å²) in [5.41, 5.74) is 8.04. The molecule has 0 aliphatic heterocycles. The Morgan fingerprint density at radius 1 is 1.15 bits per heavy atom. The number of hydrogen-bond acceptors (Lipinski definition) is 6. The summed E-state index contributed by atoms with van der Waals surface area (Å²) in [6.45, 7) is 2.33. The second-order valence-electron chi connectivity index (χ2n) is 5.36. The van der Waals surface area contributed by atoms with Gasteiger partial charge in [0.1, 0.15) is 11.5 Å². The van der Waals surface area contributed by atoms with Gasteiger partial charge in [0.15, 0.2) is 11.7 Å². The van der Waals surface area contributed by atoms with Crippen molar-refractivity contribution in [3.8, 4) is 22.8 Å². The van der Waals surface area contributed by atoms with E-state index in [1.54, 1.807) is 18.2 Å². The van der Waals surface area contributed by atoms with Crippen molar-refractivity contribution in [2.24, 2.45) is 0 Å². The Balaban J connectivity index is 1.56. The number of carbonyl (C=O) groups excluding carboxylic acids is 1. The van der Waals surface area contributed by atoms with Crippen molar-refractivity contribution in [3.05, 3.63) is 53.9 Å². The van der Waals surface area contributed by atoms with E-state index in [4.69, 9.17) is 15.2 Å². The molecule has 0 aliphatic rings. The Hall–Kier alpha value is -3.06. The predicted octanol–water partition coefficient (Wildman–Crippen LogP) is 3.81. The van der Waals surface area contributed by atoms with E-state index in [0.29, 0.717) is 28.9 Å². The molecule has 0 radical (unpaired) electrons. The molecule has 1 heterocycles. The zero-order chi connectivity index (χ0) is 18.4. The van der Waals surface area contributed by atoms with Gasteiger partial charge in [0.2, 0.25) is 0 Å². The van der Waals surface area contributed by atoms with Crippen LogP contribution < -0.4 is 20.5 Å². The summed E-state index contributed by atoms with van der Waals surface area (Å²) >= 11 is 1.40. The molecule has 0 aliphatic carbocycles. The Morgan fingerprint density at radius 3 is 2.62 bits per heavy atom. The van der Waals surface area contributed by atoms with Crippen LogP contribution in [0.3, 0.4) is 0 Å². The van der Waals surface area contributed by atoms with Gasteiger partial charge in [-0.25, -0.2) is 4.98 Å². The van der Waals surface area contributed by atoms with E-state index in [9.17, 15) is 4.79 Å². The number of thiazole rings is 1. The van der Waals surface area contributed by atoms with Crippen molar-refractivity contribution in [2.75, 3.05) is 24.3 Å². The molecule has 0 unspecified atom stereocenters. The molecule has 0 spiro atoms. The van der Waals surface area contributed by atoms with Gasteiger partial charge in [-0.1, -0.05) is 12.1 Å². The molecule has 134 valence electrons. The van der Waals surface area contributed by atoms with Gasteiger partial charge in [-0.05, 0) is 43.3 Å². The number of carbonyl (C=O) groups is 1. The zero-order valence-electron chi connectivity index (χ0n) is 14.3. The minimum atomic E-state index is -0.256. The quantitative estimate of drug-likeness (QED) is 0.661. The number of amides is 1. The maximum atomic E-state index is 12.1. The first-order chi connectivity index (χ1) is 12.7. The molecule has 0 saturated heterocycles. The molecular weight excluding hydrogens is 350 g/mol. The number of nitrogen functional groups attached to an aromatic ring is 1. The Labute approximate surface area is 155 Å². The number of rotatable bonds is 7. The van der Waals surface area contributed by atoms with Crippen molar-refractivity contribution in [2.45, 2.75) is 6.92 Å². The largest absolute Gasteiger partial charge is 0.492 e. The lowest BCUT2D eigenvalue weighted by Crippen LogP contribution is -2.20. The first-order valence-electron chi connectivity index (χ1n) is 8.11. The topological polar surface area (TPSA) is 86.5 Å². The zero-order valence-corrected chi connectivity index (χ0v) is 15.1. The fourth-order valence-electron chi connectivity index (χ4n) is 2.33. The van der Waals surface area contributed by atoms with Crippen LogP contribution in [0.25, 0.3) is 11.3 Å². The van der Waals surface area contributed by atoms with Crippen molar-refractivity contribution in [3.63, 3.8) is 0 Å². The van der Waals surface area contributed by atoms with Gasteiger partial charge in [-0.2, -0.15) is 0 Å². The van der Waals surface area contributed by atoms with Gasteiger partial charge in [-0.3, -0.25) is 4.79 Å². The van der Waals surface area contributed by atoms with Crippen LogP contribution in [0.5, 0.6) is 11.5 Å². The van der Waals surface area contributed by atoms with Crippen LogP contribution in [-0.2, 0) is 4.79 Å². The predicted molar refractivity (Wildman–Crippen MR) is 104 cm³/mol. The number of nitrogens with zero attached hydrogens (tertiary/aromatic N) is 1. The van der Waals surface area contributed by atoms with Crippen molar-refractivity contribution in [1.82, 2.24) is 4.98 Å². The lowest BCUT2D eigenvalue weighted by atomic mass is 10.2. The molecular formula is C19H19N3O3S. The third kappa shape index (κ3) is 4.52. The summed E-state index contributed by atoms with van der Waals surface area (Å²) in [4.78, 5) is 16.4. The third-order valence-corrected chi connectivity index (χ3v) is 4.18. The summed E-state index contributed by atoms with van der Waals surface area (Å²) in [5, 5.41) is 5.22. The highest BCUT2D eigenvalue weighted by Gasteiger charge is 2.08. The average molecular weight is 369 g/mol. The normalized spacial score (nSPS) is 10.3. The fraction of sp³-hybridized carbons (Fsp3) is 0.158. The summed E-state index contributed by atoms with van der Waals surface area (Å²) in [6.07, 6.45) is 0. The van der Waals surface area contributed by atoms with Crippen LogP contribution in [0.1, 0.15) is 6.92 Å². The summed E-state index contributed by atoms with van der Waals surface area (Å²) in [5.74, 6) is 0.980. The lowest BCUT2D eigenvalue weighted by Gasteiger charge is -2.12. The number of hydrogen-bond donors (Lipinski definition) is 2. The highest BCUT2D eigenvalue weighted by Crippen LogP contribution is 2.25. The van der Waals surface area contributed by atoms with Crippen LogP contribution >= 0.6 is 11.3 Å². The molecule has 0 saturated carbocycles. The molecule has 1 amide bonds. The molecule has 7 heteroatoms. The number of ether oxygens (including phenoxy) is 2. The van der Waals surface area contributed by atoms with E-state index in [1.165, 1.54) is 11.3 Å². The van der Waals surface area contributed by atoms with E-state index in [-0.39, 0.29) is 12.5 Å². The smallest absolute Gasteiger partial charge is 0.262 e. The minimum Gasteiger partial charge on any atom is -0.492 e. The average Bonchev–Trinajstić information content (AvgIpc) is 3.09. The molecule has 6 nitrogen and oxygen atoms in total. The molecule has 0 atom stereocenters. The molecule has 3 rings (SSSR count). The number of para-hydroxylation sites is 2. The first-order valence-corrected chi connectivity index (χ1v) is 8.99. The molecule has 1 aromatic heterocycles. The van der Waals surface area contributed by atoms with Crippen LogP contribution in [0, 0.1) is 0 Å². The van der Waals surface area contributed by atoms with Crippen molar-refractivity contribution < 1.29 is 14.3 Å². The van der Waals surface area contributed by atoms with Gasteiger partial charge >= 0.3 is 0 Å².